The lowest BCUT2D eigenvalue weighted by atomic mass is 9.97. The van der Waals surface area contributed by atoms with Gasteiger partial charge >= 0.3 is 0 Å². The predicted octanol–water partition coefficient (Wildman–Crippen LogP) is 0.923. The summed E-state index contributed by atoms with van der Waals surface area (Å²) in [4.78, 5) is 0. The van der Waals surface area contributed by atoms with Gasteiger partial charge in [-0.3, -0.25) is 0 Å². The molecule has 1 heterocycles. The average molecular weight is 266 g/mol. The van der Waals surface area contributed by atoms with Gasteiger partial charge in [-0.15, -0.1) is 0 Å². The monoisotopic (exact) mass is 266 g/mol. The Bertz CT molecular complexity index is 489. The van der Waals surface area contributed by atoms with Crippen LogP contribution in [-0.2, 0) is 0 Å². The van der Waals surface area contributed by atoms with Crippen molar-refractivity contribution < 1.29 is 24.8 Å². The molecule has 0 bridgehead atoms. The lowest BCUT2D eigenvalue weighted by Gasteiger charge is -2.41. The first kappa shape index (κ1) is 13.9. The van der Waals surface area contributed by atoms with E-state index in [1.54, 1.807) is 24.3 Å². The Morgan fingerprint density at radius 3 is 2.74 bits per heavy atom. The van der Waals surface area contributed by atoms with E-state index in [0.717, 1.165) is 5.56 Å². The van der Waals surface area contributed by atoms with E-state index < -0.39 is 11.4 Å². The van der Waals surface area contributed by atoms with E-state index in [9.17, 15) is 10.2 Å². The molecule has 0 saturated carbocycles. The van der Waals surface area contributed by atoms with Gasteiger partial charge in [-0.25, -0.2) is 0 Å². The number of hydrogen-bond acceptors (Lipinski definition) is 5. The normalized spacial score (nSPS) is 22.8. The van der Waals surface area contributed by atoms with E-state index >= 15 is 0 Å². The maximum atomic E-state index is 10.3. The van der Waals surface area contributed by atoms with Crippen molar-refractivity contribution in [2.24, 2.45) is 0 Å². The van der Waals surface area contributed by atoms with Crippen molar-refractivity contribution in [3.05, 3.63) is 29.8 Å². The van der Waals surface area contributed by atoms with Crippen LogP contribution in [-0.4, -0.2) is 39.9 Å². The first-order chi connectivity index (χ1) is 8.86. The van der Waals surface area contributed by atoms with Gasteiger partial charge in [0.25, 0.3) is 5.79 Å². The van der Waals surface area contributed by atoms with Crippen molar-refractivity contribution >= 4 is 6.08 Å². The van der Waals surface area contributed by atoms with Crippen LogP contribution in [0.15, 0.2) is 24.3 Å². The van der Waals surface area contributed by atoms with E-state index in [0.29, 0.717) is 11.5 Å². The van der Waals surface area contributed by atoms with E-state index in [1.165, 1.54) is 13.8 Å². The maximum Gasteiger partial charge on any atom is 0.271 e. The van der Waals surface area contributed by atoms with Crippen molar-refractivity contribution in [2.75, 3.05) is 13.2 Å². The molecule has 0 aromatic heterocycles. The van der Waals surface area contributed by atoms with Crippen LogP contribution in [0.3, 0.4) is 0 Å². The summed E-state index contributed by atoms with van der Waals surface area (Å²) in [6.07, 6.45) is 3.31. The molecule has 5 heteroatoms. The summed E-state index contributed by atoms with van der Waals surface area (Å²) in [5.41, 5.74) is -0.654. The lowest BCUT2D eigenvalue weighted by molar-refractivity contribution is -0.266. The van der Waals surface area contributed by atoms with Gasteiger partial charge in [-0.1, -0.05) is 18.2 Å². The minimum Gasteiger partial charge on any atom is -0.483 e. The molecule has 0 radical (unpaired) electrons. The minimum absolute atomic E-state index is 0.0535. The van der Waals surface area contributed by atoms with Gasteiger partial charge in [0.1, 0.15) is 5.60 Å². The molecule has 0 amide bonds. The molecule has 3 N–H and O–H groups in total. The third-order valence-electron chi connectivity index (χ3n) is 3.04. The van der Waals surface area contributed by atoms with Crippen molar-refractivity contribution in [1.82, 2.24) is 0 Å². The molecule has 1 aliphatic rings. The summed E-state index contributed by atoms with van der Waals surface area (Å²) in [7, 11) is 0. The highest BCUT2D eigenvalue weighted by atomic mass is 16.7. The van der Waals surface area contributed by atoms with Crippen LogP contribution in [0.5, 0.6) is 11.5 Å². The van der Waals surface area contributed by atoms with Crippen molar-refractivity contribution in [3.63, 3.8) is 0 Å². The second kappa shape index (κ2) is 4.85. The quantitative estimate of drug-likeness (QED) is 0.758. The van der Waals surface area contributed by atoms with Gasteiger partial charge in [0, 0.05) is 0 Å². The standard InChI is InChI=1S/C14H18O5/c1-13(2,16)14(17)9-18-11-6-5-10(4-3-7-15)8-12(11)19-14/h3-6,8,15-17H,7,9H2,1-2H3/b4-3+. The SMILES string of the molecule is CC(C)(O)C1(O)COc2ccc(/C=C/CO)cc2O1. The highest BCUT2D eigenvalue weighted by Gasteiger charge is 2.48. The van der Waals surface area contributed by atoms with Gasteiger partial charge in [-0.2, -0.15) is 0 Å². The van der Waals surface area contributed by atoms with Gasteiger partial charge in [0.15, 0.2) is 18.1 Å². The fourth-order valence-electron chi connectivity index (χ4n) is 1.70. The summed E-state index contributed by atoms with van der Waals surface area (Å²) in [6.45, 7) is 2.71. The Hall–Kier alpha value is -1.56. The van der Waals surface area contributed by atoms with E-state index in [-0.39, 0.29) is 13.2 Å². The fraction of sp³-hybridized carbons (Fsp3) is 0.429. The number of aliphatic hydroxyl groups is 3. The fourth-order valence-corrected chi connectivity index (χ4v) is 1.70. The molecule has 1 aromatic rings. The number of fused-ring (bicyclic) bond motifs is 1. The average Bonchev–Trinajstić information content (AvgIpc) is 2.34. The molecular weight excluding hydrogens is 248 g/mol. The third-order valence-corrected chi connectivity index (χ3v) is 3.04. The van der Waals surface area contributed by atoms with Crippen LogP contribution in [0.4, 0.5) is 0 Å². The van der Waals surface area contributed by atoms with Crippen LogP contribution in [0.25, 0.3) is 6.08 Å². The predicted molar refractivity (Wildman–Crippen MR) is 69.9 cm³/mol. The molecule has 1 atom stereocenters. The molecule has 2 rings (SSSR count). The number of hydrogen-bond donors (Lipinski definition) is 3. The molecule has 0 aliphatic carbocycles. The number of ether oxygens (including phenoxy) is 2. The summed E-state index contributed by atoms with van der Waals surface area (Å²) >= 11 is 0. The Balaban J connectivity index is 2.30. The van der Waals surface area contributed by atoms with E-state index in [1.807, 2.05) is 6.07 Å². The molecule has 0 fully saturated rings. The van der Waals surface area contributed by atoms with Crippen LogP contribution in [0, 0.1) is 0 Å². The number of rotatable bonds is 3. The minimum atomic E-state index is -1.79. The molecule has 0 spiro atoms. The van der Waals surface area contributed by atoms with Crippen LogP contribution >= 0.6 is 0 Å². The highest BCUT2D eigenvalue weighted by Crippen LogP contribution is 2.38. The molecule has 19 heavy (non-hydrogen) atoms. The number of aliphatic hydroxyl groups excluding tert-OH is 1. The van der Waals surface area contributed by atoms with Crippen LogP contribution in [0.2, 0.25) is 0 Å². The van der Waals surface area contributed by atoms with Crippen molar-refractivity contribution in [2.45, 2.75) is 25.2 Å². The van der Waals surface area contributed by atoms with Gasteiger partial charge < -0.3 is 24.8 Å². The number of benzene rings is 1. The molecule has 104 valence electrons. The van der Waals surface area contributed by atoms with E-state index in [2.05, 4.69) is 0 Å². The first-order valence-electron chi connectivity index (χ1n) is 6.04. The molecule has 5 nitrogen and oxygen atoms in total. The zero-order chi connectivity index (χ0) is 14.1. The Kier molecular flexibility index (Phi) is 3.54. The Labute approximate surface area is 111 Å². The lowest BCUT2D eigenvalue weighted by Crippen LogP contribution is -2.59. The Morgan fingerprint density at radius 2 is 2.11 bits per heavy atom. The van der Waals surface area contributed by atoms with Crippen LogP contribution < -0.4 is 9.47 Å². The first-order valence-corrected chi connectivity index (χ1v) is 6.04. The van der Waals surface area contributed by atoms with E-state index in [4.69, 9.17) is 14.6 Å². The van der Waals surface area contributed by atoms with Gasteiger partial charge in [0.05, 0.1) is 6.61 Å². The van der Waals surface area contributed by atoms with Gasteiger partial charge in [0.2, 0.25) is 0 Å². The highest BCUT2D eigenvalue weighted by molar-refractivity contribution is 5.56. The second-order valence-electron chi connectivity index (χ2n) is 5.03. The third kappa shape index (κ3) is 2.73. The molecule has 1 aliphatic heterocycles. The largest absolute Gasteiger partial charge is 0.483 e. The second-order valence-corrected chi connectivity index (χ2v) is 5.03. The summed E-state index contributed by atoms with van der Waals surface area (Å²) in [5.74, 6) is -0.926. The maximum absolute atomic E-state index is 10.3. The Morgan fingerprint density at radius 1 is 1.37 bits per heavy atom. The van der Waals surface area contributed by atoms with Crippen molar-refractivity contribution in [1.29, 1.82) is 0 Å². The zero-order valence-corrected chi connectivity index (χ0v) is 11.0. The molecule has 1 aromatic carbocycles. The molecule has 1 unspecified atom stereocenters. The topological polar surface area (TPSA) is 79.2 Å². The summed E-state index contributed by atoms with van der Waals surface area (Å²) in [5, 5.41) is 28.9. The summed E-state index contributed by atoms with van der Waals surface area (Å²) in [6, 6.07) is 5.20. The van der Waals surface area contributed by atoms with Crippen LogP contribution in [0.1, 0.15) is 19.4 Å². The summed E-state index contributed by atoms with van der Waals surface area (Å²) < 4.78 is 10.9. The zero-order valence-electron chi connectivity index (χ0n) is 11.0. The van der Waals surface area contributed by atoms with Gasteiger partial charge in [-0.05, 0) is 31.5 Å². The molecular formula is C14H18O5. The van der Waals surface area contributed by atoms with Crippen molar-refractivity contribution in [3.8, 4) is 11.5 Å². The smallest absolute Gasteiger partial charge is 0.271 e. The molecule has 0 saturated heterocycles.